The Kier molecular flexibility index (Phi) is 13.2. The van der Waals surface area contributed by atoms with Crippen LogP contribution in [0.1, 0.15) is 114 Å². The molecule has 0 radical (unpaired) electrons. The molecule has 3 aromatic heterocycles. The molecule has 0 N–H and O–H groups in total. The summed E-state index contributed by atoms with van der Waals surface area (Å²) in [6.07, 6.45) is 15.9. The Hall–Kier alpha value is -4.40. The van der Waals surface area contributed by atoms with E-state index in [9.17, 15) is 4.79 Å². The maximum absolute atomic E-state index is 13.3. The van der Waals surface area contributed by atoms with E-state index in [2.05, 4.69) is 50.9 Å². The van der Waals surface area contributed by atoms with Crippen LogP contribution in [0.3, 0.4) is 0 Å². The van der Waals surface area contributed by atoms with Gasteiger partial charge in [-0.15, -0.1) is 0 Å². The summed E-state index contributed by atoms with van der Waals surface area (Å²) in [5, 5.41) is 2.73. The van der Waals surface area contributed by atoms with Crippen molar-refractivity contribution in [2.24, 2.45) is 5.92 Å². The summed E-state index contributed by atoms with van der Waals surface area (Å²) in [6.45, 7) is 9.00. The molecule has 6 rings (SSSR count). The van der Waals surface area contributed by atoms with E-state index in [1.54, 1.807) is 12.4 Å². The molecule has 0 bridgehead atoms. The number of hydrogen-bond acceptors (Lipinski definition) is 7. The van der Waals surface area contributed by atoms with E-state index in [4.69, 9.17) is 20.6 Å². The fraction of sp³-hybridized carbons (Fsp3) is 0.364. The molecule has 0 saturated carbocycles. The van der Waals surface area contributed by atoms with Gasteiger partial charge in [0.2, 0.25) is 0 Å². The molecule has 2 atom stereocenters. The van der Waals surface area contributed by atoms with Gasteiger partial charge in [0.1, 0.15) is 0 Å². The average Bonchev–Trinajstić information content (AvgIpc) is 3.18. The molecule has 268 valence electrons. The Balaban J connectivity index is 1.40. The normalized spacial score (nSPS) is 12.5. The number of nitrogens with zero attached hydrogens (tertiary/aromatic N) is 3. The number of carbonyl (C=O) groups excluding carboxylic acids is 1. The van der Waals surface area contributed by atoms with Crippen molar-refractivity contribution in [2.45, 2.75) is 97.8 Å². The fourth-order valence-electron chi connectivity index (χ4n) is 7.04. The van der Waals surface area contributed by atoms with Gasteiger partial charge in [0.25, 0.3) is 0 Å². The molecule has 7 nitrogen and oxygen atoms in total. The van der Waals surface area contributed by atoms with Crippen LogP contribution in [0.2, 0.25) is 0 Å². The maximum atomic E-state index is 13.3. The number of pyridine rings is 3. The first-order valence-electron chi connectivity index (χ1n) is 19.1. The van der Waals surface area contributed by atoms with Crippen LogP contribution in [-0.4, -0.2) is 38.0 Å². The number of ketones is 1. The van der Waals surface area contributed by atoms with Gasteiger partial charge in [-0.05, 0) is 0 Å². The average molecular weight is 755 g/mol. The van der Waals surface area contributed by atoms with Crippen molar-refractivity contribution < 1.29 is 15.4 Å². The minimum atomic E-state index is -3.80. The number of hydrogen-bond donors (Lipinski definition) is 0. The van der Waals surface area contributed by atoms with Crippen molar-refractivity contribution in [3.05, 3.63) is 109 Å². The van der Waals surface area contributed by atoms with Crippen molar-refractivity contribution in [3.63, 3.8) is 0 Å². The first-order valence-corrected chi connectivity index (χ1v) is 22.1. The molecule has 0 aliphatic heterocycles. The summed E-state index contributed by atoms with van der Waals surface area (Å²) in [4.78, 5) is 27.6. The van der Waals surface area contributed by atoms with Crippen LogP contribution in [0.25, 0.3) is 32.7 Å². The quantitative estimate of drug-likeness (QED) is 0.0462. The number of carbonyl (C=O) groups is 1. The zero-order valence-corrected chi connectivity index (χ0v) is 33.4. The van der Waals surface area contributed by atoms with Gasteiger partial charge in [-0.2, -0.15) is 0 Å². The van der Waals surface area contributed by atoms with Crippen molar-refractivity contribution in [2.75, 3.05) is 0 Å². The Bertz CT molecular complexity index is 2100. The molecule has 3 aromatic carbocycles. The van der Waals surface area contributed by atoms with E-state index in [0.29, 0.717) is 40.7 Å². The van der Waals surface area contributed by atoms with Gasteiger partial charge in [-0.25, -0.2) is 0 Å². The second-order valence-corrected chi connectivity index (χ2v) is 16.5. The zero-order valence-electron chi connectivity index (χ0n) is 31.0. The molecule has 8 heteroatoms. The standard InChI is InChI=1S/C20H29NO.C15H17NO2.C9H7NO.Ga/c1-4-6-8-16(5-2)11-10-15(3)18-13-12-17-9-7-14-21-19(17)20(18)22;1-2-3-4-7-13(17)11-9-10-16-15-12(11)6-5-8-14(15)18;11-8-5-1-3-7-4-2-6-10-9(7)8;/h7,9,12-16,22H,4-6,8,10-11H2,1-3H3;5-6,8-10,18H,2-4,7H2,1H3;1-6,11H;/q;;;+3/p-3. The van der Waals surface area contributed by atoms with Crippen LogP contribution >= 0.6 is 0 Å². The van der Waals surface area contributed by atoms with Crippen molar-refractivity contribution in [1.82, 2.24) is 15.0 Å². The molecule has 0 aliphatic carbocycles. The molecule has 2 unspecified atom stereocenters. The third-order valence-corrected chi connectivity index (χ3v) is 12.9. The Morgan fingerprint density at radius 2 is 1.33 bits per heavy atom. The van der Waals surface area contributed by atoms with E-state index >= 15 is 0 Å². The number of unbranched alkanes of at least 4 members (excludes halogenated alkanes) is 3. The zero-order chi connectivity index (χ0) is 36.3. The van der Waals surface area contributed by atoms with Crippen molar-refractivity contribution >= 4 is 55.8 Å². The second-order valence-electron chi connectivity index (χ2n) is 13.8. The van der Waals surface area contributed by atoms with Gasteiger partial charge in [-0.1, -0.05) is 0 Å². The first-order chi connectivity index (χ1) is 25.5. The second kappa shape index (κ2) is 18.4. The van der Waals surface area contributed by atoms with Gasteiger partial charge in [0.05, 0.1) is 0 Å². The summed E-state index contributed by atoms with van der Waals surface area (Å²) in [7, 11) is 0. The van der Waals surface area contributed by atoms with Crippen molar-refractivity contribution in [3.8, 4) is 17.2 Å². The number of fused-ring (bicyclic) bond motifs is 3. The van der Waals surface area contributed by atoms with Gasteiger partial charge in [0, 0.05) is 0 Å². The summed E-state index contributed by atoms with van der Waals surface area (Å²) in [5.74, 6) is 2.91. The van der Waals surface area contributed by atoms with Crippen LogP contribution in [0, 0.1) is 5.92 Å². The summed E-state index contributed by atoms with van der Waals surface area (Å²) in [6, 6.07) is 25.7. The monoisotopic (exact) mass is 753 g/mol. The van der Waals surface area contributed by atoms with E-state index in [1.807, 2.05) is 66.9 Å². The van der Waals surface area contributed by atoms with E-state index < -0.39 is 17.3 Å². The number of benzene rings is 3. The molecule has 0 saturated heterocycles. The molecular weight excluding hydrogens is 704 g/mol. The summed E-state index contributed by atoms with van der Waals surface area (Å²) in [5.41, 5.74) is 3.91. The predicted octanol–water partition coefficient (Wildman–Crippen LogP) is 11.7. The Labute approximate surface area is 314 Å². The SMILES string of the molecule is CCCCCC(=O)c1ccnc2c([O][Ga]([O]c3cccc4cccnc34)[O]c3c(C(C)CCC(CC)CCCC)ccc4cccnc34)cccc12. The van der Waals surface area contributed by atoms with E-state index in [-0.39, 0.29) is 11.7 Å². The van der Waals surface area contributed by atoms with Gasteiger partial charge in [-0.3, -0.25) is 0 Å². The van der Waals surface area contributed by atoms with Gasteiger partial charge >= 0.3 is 316 Å². The molecule has 0 fully saturated rings. The minimum absolute atomic E-state index is 0.117. The van der Waals surface area contributed by atoms with Gasteiger partial charge < -0.3 is 0 Å². The van der Waals surface area contributed by atoms with E-state index in [1.165, 1.54) is 25.7 Å². The fourth-order valence-corrected chi connectivity index (χ4v) is 9.93. The molecule has 0 aliphatic rings. The molecule has 3 heterocycles. The molecule has 52 heavy (non-hydrogen) atoms. The molecule has 0 amide bonds. The van der Waals surface area contributed by atoms with Crippen LogP contribution in [0.5, 0.6) is 17.2 Å². The molecule has 0 spiro atoms. The first kappa shape index (κ1) is 37.4. The van der Waals surface area contributed by atoms with Gasteiger partial charge in [0.15, 0.2) is 0 Å². The molecular formula is C44H50GaN3O4. The Morgan fingerprint density at radius 3 is 2.08 bits per heavy atom. The van der Waals surface area contributed by atoms with Crippen molar-refractivity contribution in [1.29, 1.82) is 0 Å². The van der Waals surface area contributed by atoms with Crippen LogP contribution < -0.4 is 10.6 Å². The van der Waals surface area contributed by atoms with Crippen LogP contribution in [-0.2, 0) is 0 Å². The number of rotatable bonds is 19. The third kappa shape index (κ3) is 8.96. The summed E-state index contributed by atoms with van der Waals surface area (Å²) >= 11 is -3.80. The topological polar surface area (TPSA) is 83.4 Å². The predicted molar refractivity (Wildman–Crippen MR) is 212 cm³/mol. The summed E-state index contributed by atoms with van der Waals surface area (Å²) < 4.78 is 20.8. The number of Topliss-reactive ketones (excluding diaryl/α,β-unsaturated/α-hetero) is 1. The molecule has 6 aromatic rings. The Morgan fingerprint density at radius 1 is 0.654 bits per heavy atom. The van der Waals surface area contributed by atoms with Crippen LogP contribution in [0.15, 0.2) is 97.5 Å². The number of para-hydroxylation sites is 2. The van der Waals surface area contributed by atoms with Crippen LogP contribution in [0.4, 0.5) is 0 Å². The third-order valence-electron chi connectivity index (χ3n) is 10.1. The van der Waals surface area contributed by atoms with E-state index in [0.717, 1.165) is 64.9 Å². The number of aromatic nitrogens is 3.